The third-order valence-corrected chi connectivity index (χ3v) is 3.21. The van der Waals surface area contributed by atoms with Crippen molar-refractivity contribution in [3.63, 3.8) is 0 Å². The van der Waals surface area contributed by atoms with Crippen molar-refractivity contribution in [1.29, 1.82) is 0 Å². The molecule has 1 N–H and O–H groups in total. The number of ether oxygens (including phenoxy) is 1. The number of morpholine rings is 1. The third kappa shape index (κ3) is 4.24. The zero-order chi connectivity index (χ0) is 13.7. The number of hydrogen-bond acceptors (Lipinski definition) is 3. The predicted octanol–water partition coefficient (Wildman–Crippen LogP) is 2.12. The van der Waals surface area contributed by atoms with Crippen molar-refractivity contribution in [3.8, 4) is 0 Å². The number of nitrogens with one attached hydrogen (secondary N) is 1. The molecular weight excluding hydrogens is 240 g/mol. The fourth-order valence-electron chi connectivity index (χ4n) is 2.41. The van der Waals surface area contributed by atoms with Crippen LogP contribution in [-0.4, -0.2) is 42.6 Å². The molecule has 1 heterocycles. The first kappa shape index (κ1) is 13.9. The molecule has 0 aromatic heterocycles. The topological polar surface area (TPSA) is 41.6 Å². The normalized spacial score (nSPS) is 23.2. The van der Waals surface area contributed by atoms with E-state index in [1.54, 1.807) is 0 Å². The SMILES string of the molecule is C[C@H]1CN(C(=O)CCNc2ccccc2)C[C@H](C)O1. The van der Waals surface area contributed by atoms with Crippen LogP contribution in [0.5, 0.6) is 0 Å². The third-order valence-electron chi connectivity index (χ3n) is 3.21. The highest BCUT2D eigenvalue weighted by Gasteiger charge is 2.25. The Morgan fingerprint density at radius 2 is 1.89 bits per heavy atom. The van der Waals surface area contributed by atoms with Gasteiger partial charge in [-0.1, -0.05) is 18.2 Å². The van der Waals surface area contributed by atoms with Crippen molar-refractivity contribution >= 4 is 11.6 Å². The van der Waals surface area contributed by atoms with Gasteiger partial charge in [-0.15, -0.1) is 0 Å². The van der Waals surface area contributed by atoms with Crippen molar-refractivity contribution in [3.05, 3.63) is 30.3 Å². The highest BCUT2D eigenvalue weighted by Crippen LogP contribution is 2.12. The van der Waals surface area contributed by atoms with Crippen LogP contribution in [0.15, 0.2) is 30.3 Å². The van der Waals surface area contributed by atoms with E-state index < -0.39 is 0 Å². The summed E-state index contributed by atoms with van der Waals surface area (Å²) in [4.78, 5) is 14.0. The molecule has 104 valence electrons. The summed E-state index contributed by atoms with van der Waals surface area (Å²) in [6, 6.07) is 9.95. The van der Waals surface area contributed by atoms with E-state index in [0.29, 0.717) is 26.1 Å². The van der Waals surface area contributed by atoms with Gasteiger partial charge >= 0.3 is 0 Å². The van der Waals surface area contributed by atoms with Gasteiger partial charge in [0.25, 0.3) is 0 Å². The lowest BCUT2D eigenvalue weighted by Crippen LogP contribution is -2.48. The summed E-state index contributed by atoms with van der Waals surface area (Å²) in [6.45, 7) is 6.10. The lowest BCUT2D eigenvalue weighted by molar-refractivity contribution is -0.142. The van der Waals surface area contributed by atoms with Gasteiger partial charge in [0.15, 0.2) is 0 Å². The first-order valence-corrected chi connectivity index (χ1v) is 6.87. The number of amides is 1. The van der Waals surface area contributed by atoms with Crippen molar-refractivity contribution in [2.45, 2.75) is 32.5 Å². The Morgan fingerprint density at radius 3 is 2.53 bits per heavy atom. The van der Waals surface area contributed by atoms with Gasteiger partial charge in [0, 0.05) is 31.7 Å². The zero-order valence-electron chi connectivity index (χ0n) is 11.6. The van der Waals surface area contributed by atoms with Gasteiger partial charge in [-0.25, -0.2) is 0 Å². The number of hydrogen-bond donors (Lipinski definition) is 1. The number of carbonyl (C=O) groups excluding carboxylic acids is 1. The summed E-state index contributed by atoms with van der Waals surface area (Å²) < 4.78 is 5.63. The molecule has 1 aliphatic heterocycles. The second kappa shape index (κ2) is 6.57. The van der Waals surface area contributed by atoms with Crippen molar-refractivity contribution in [2.75, 3.05) is 25.0 Å². The Bertz CT molecular complexity index is 398. The van der Waals surface area contributed by atoms with Crippen LogP contribution in [0, 0.1) is 0 Å². The zero-order valence-corrected chi connectivity index (χ0v) is 11.6. The molecule has 0 aliphatic carbocycles. The highest BCUT2D eigenvalue weighted by atomic mass is 16.5. The molecule has 0 radical (unpaired) electrons. The molecule has 19 heavy (non-hydrogen) atoms. The maximum atomic E-state index is 12.1. The van der Waals surface area contributed by atoms with E-state index in [1.807, 2.05) is 49.1 Å². The van der Waals surface area contributed by atoms with Gasteiger partial charge in [-0.3, -0.25) is 4.79 Å². The summed E-state index contributed by atoms with van der Waals surface area (Å²) in [5, 5.41) is 3.26. The molecule has 1 aromatic rings. The number of carbonyl (C=O) groups is 1. The van der Waals surface area contributed by atoms with E-state index in [1.165, 1.54) is 0 Å². The summed E-state index contributed by atoms with van der Waals surface area (Å²) in [6.07, 6.45) is 0.790. The summed E-state index contributed by atoms with van der Waals surface area (Å²) in [5.74, 6) is 0.199. The molecular formula is C15H22N2O2. The molecule has 1 saturated heterocycles. The number of nitrogens with zero attached hydrogens (tertiary/aromatic N) is 1. The Hall–Kier alpha value is -1.55. The van der Waals surface area contributed by atoms with Crippen LogP contribution in [0.2, 0.25) is 0 Å². The van der Waals surface area contributed by atoms with Gasteiger partial charge in [-0.05, 0) is 26.0 Å². The van der Waals surface area contributed by atoms with Crippen LogP contribution in [0.4, 0.5) is 5.69 Å². The first-order valence-electron chi connectivity index (χ1n) is 6.87. The van der Waals surface area contributed by atoms with Gasteiger partial charge in [-0.2, -0.15) is 0 Å². The van der Waals surface area contributed by atoms with E-state index in [2.05, 4.69) is 5.32 Å². The smallest absolute Gasteiger partial charge is 0.224 e. The Labute approximate surface area is 114 Å². The average Bonchev–Trinajstić information content (AvgIpc) is 2.38. The summed E-state index contributed by atoms with van der Waals surface area (Å²) in [5.41, 5.74) is 1.05. The molecule has 4 nitrogen and oxygen atoms in total. The molecule has 0 spiro atoms. The van der Waals surface area contributed by atoms with Crippen LogP contribution in [0.3, 0.4) is 0 Å². The molecule has 0 unspecified atom stereocenters. The Kier molecular flexibility index (Phi) is 4.80. The number of benzene rings is 1. The van der Waals surface area contributed by atoms with Crippen molar-refractivity contribution in [2.24, 2.45) is 0 Å². The number of anilines is 1. The number of para-hydroxylation sites is 1. The largest absolute Gasteiger partial charge is 0.385 e. The van der Waals surface area contributed by atoms with Gasteiger partial charge in [0.2, 0.25) is 5.91 Å². The Morgan fingerprint density at radius 1 is 1.26 bits per heavy atom. The molecule has 2 atom stereocenters. The highest BCUT2D eigenvalue weighted by molar-refractivity contribution is 5.77. The average molecular weight is 262 g/mol. The molecule has 1 amide bonds. The maximum Gasteiger partial charge on any atom is 0.224 e. The van der Waals surface area contributed by atoms with Crippen molar-refractivity contribution in [1.82, 2.24) is 4.90 Å². The lowest BCUT2D eigenvalue weighted by Gasteiger charge is -2.35. The fraction of sp³-hybridized carbons (Fsp3) is 0.533. The lowest BCUT2D eigenvalue weighted by atomic mass is 10.2. The standard InChI is InChI=1S/C15H22N2O2/c1-12-10-17(11-13(2)19-12)15(18)8-9-16-14-6-4-3-5-7-14/h3-7,12-13,16H,8-11H2,1-2H3/t12-,13-/m0/s1. The van der Waals surface area contributed by atoms with Crippen LogP contribution in [-0.2, 0) is 9.53 Å². The summed E-state index contributed by atoms with van der Waals surface area (Å²) >= 11 is 0. The maximum absolute atomic E-state index is 12.1. The monoisotopic (exact) mass is 262 g/mol. The number of rotatable bonds is 4. The molecule has 0 saturated carbocycles. The molecule has 0 bridgehead atoms. The molecule has 4 heteroatoms. The molecule has 1 aromatic carbocycles. The van der Waals surface area contributed by atoms with E-state index >= 15 is 0 Å². The van der Waals surface area contributed by atoms with E-state index in [4.69, 9.17) is 4.74 Å². The molecule has 1 fully saturated rings. The van der Waals surface area contributed by atoms with Crippen LogP contribution in [0.1, 0.15) is 20.3 Å². The fourth-order valence-corrected chi connectivity index (χ4v) is 2.41. The van der Waals surface area contributed by atoms with Gasteiger partial charge in [0.1, 0.15) is 0 Å². The Balaban J connectivity index is 1.75. The minimum Gasteiger partial charge on any atom is -0.385 e. The molecule has 2 rings (SSSR count). The van der Waals surface area contributed by atoms with Crippen LogP contribution >= 0.6 is 0 Å². The quantitative estimate of drug-likeness (QED) is 0.903. The van der Waals surface area contributed by atoms with Crippen LogP contribution in [0.25, 0.3) is 0 Å². The van der Waals surface area contributed by atoms with Gasteiger partial charge in [0.05, 0.1) is 12.2 Å². The summed E-state index contributed by atoms with van der Waals surface area (Å²) in [7, 11) is 0. The van der Waals surface area contributed by atoms with E-state index in [0.717, 1.165) is 5.69 Å². The minimum absolute atomic E-state index is 0.134. The van der Waals surface area contributed by atoms with E-state index in [9.17, 15) is 4.79 Å². The van der Waals surface area contributed by atoms with E-state index in [-0.39, 0.29) is 18.1 Å². The van der Waals surface area contributed by atoms with Crippen LogP contribution < -0.4 is 5.32 Å². The second-order valence-electron chi connectivity index (χ2n) is 5.10. The second-order valence-corrected chi connectivity index (χ2v) is 5.10. The van der Waals surface area contributed by atoms with Gasteiger partial charge < -0.3 is 15.0 Å². The predicted molar refractivity (Wildman–Crippen MR) is 76.1 cm³/mol. The molecule has 1 aliphatic rings. The minimum atomic E-state index is 0.134. The van der Waals surface area contributed by atoms with Crippen molar-refractivity contribution < 1.29 is 9.53 Å². The first-order chi connectivity index (χ1) is 9.15.